The van der Waals surface area contributed by atoms with E-state index >= 15 is 0 Å². The van der Waals surface area contributed by atoms with Gasteiger partial charge in [-0.2, -0.15) is 0 Å². The van der Waals surface area contributed by atoms with Crippen LogP contribution in [-0.4, -0.2) is 18.3 Å². The first-order chi connectivity index (χ1) is 7.69. The maximum Gasteiger partial charge on any atom is 0.160 e. The van der Waals surface area contributed by atoms with E-state index in [1.165, 1.54) is 12.8 Å². The van der Waals surface area contributed by atoms with Crippen LogP contribution >= 0.6 is 0 Å². The van der Waals surface area contributed by atoms with Gasteiger partial charge < -0.3 is 15.2 Å². The third kappa shape index (κ3) is 2.47. The summed E-state index contributed by atoms with van der Waals surface area (Å²) in [5, 5.41) is 13.1. The first-order valence-electron chi connectivity index (χ1n) is 5.78. The normalized spacial score (nSPS) is 23.9. The maximum absolute atomic E-state index is 9.62. The van der Waals surface area contributed by atoms with Gasteiger partial charge in [0.05, 0.1) is 7.11 Å². The second-order valence-electron chi connectivity index (χ2n) is 4.66. The fourth-order valence-electron chi connectivity index (χ4n) is 2.18. The molecule has 0 atom stereocenters. The van der Waals surface area contributed by atoms with Gasteiger partial charge in [-0.15, -0.1) is 0 Å². The fourth-order valence-corrected chi connectivity index (χ4v) is 2.18. The van der Waals surface area contributed by atoms with Gasteiger partial charge in [-0.05, 0) is 36.5 Å². The summed E-state index contributed by atoms with van der Waals surface area (Å²) in [6.45, 7) is 3.09. The third-order valence-corrected chi connectivity index (χ3v) is 3.21. The highest BCUT2D eigenvalue weighted by Crippen LogP contribution is 2.28. The minimum absolute atomic E-state index is 0.212. The zero-order valence-electron chi connectivity index (χ0n) is 9.86. The van der Waals surface area contributed by atoms with E-state index in [0.717, 1.165) is 18.0 Å². The Morgan fingerprint density at radius 1 is 1.44 bits per heavy atom. The van der Waals surface area contributed by atoms with Gasteiger partial charge in [-0.3, -0.25) is 0 Å². The molecule has 1 saturated carbocycles. The van der Waals surface area contributed by atoms with Crippen LogP contribution in [0.3, 0.4) is 0 Å². The predicted octanol–water partition coefficient (Wildman–Crippen LogP) is 2.29. The largest absolute Gasteiger partial charge is 0.504 e. The quantitative estimate of drug-likeness (QED) is 0.819. The zero-order chi connectivity index (χ0) is 11.5. The molecule has 0 bridgehead atoms. The van der Waals surface area contributed by atoms with Gasteiger partial charge in [0, 0.05) is 12.6 Å². The monoisotopic (exact) mass is 221 g/mol. The number of hydrogen-bond donors (Lipinski definition) is 2. The van der Waals surface area contributed by atoms with E-state index in [4.69, 9.17) is 4.74 Å². The molecule has 3 heteroatoms. The minimum Gasteiger partial charge on any atom is -0.504 e. The number of ether oxygens (including phenoxy) is 1. The number of phenols is 1. The summed E-state index contributed by atoms with van der Waals surface area (Å²) >= 11 is 0. The van der Waals surface area contributed by atoms with Crippen LogP contribution in [0, 0.1) is 5.92 Å². The maximum atomic E-state index is 9.62. The van der Waals surface area contributed by atoms with Crippen LogP contribution in [0.25, 0.3) is 0 Å². The molecular weight excluding hydrogens is 202 g/mol. The number of phenolic OH excluding ortho intramolecular Hbond substituents is 1. The second kappa shape index (κ2) is 4.74. The molecule has 1 aliphatic carbocycles. The molecule has 2 N–H and O–H groups in total. The van der Waals surface area contributed by atoms with E-state index in [2.05, 4.69) is 12.2 Å². The van der Waals surface area contributed by atoms with Gasteiger partial charge in [-0.25, -0.2) is 0 Å². The van der Waals surface area contributed by atoms with Crippen molar-refractivity contribution in [2.75, 3.05) is 7.11 Å². The van der Waals surface area contributed by atoms with Crippen LogP contribution in [0.1, 0.15) is 25.3 Å². The Labute approximate surface area is 96.4 Å². The summed E-state index contributed by atoms with van der Waals surface area (Å²) in [5.74, 6) is 1.60. The molecule has 1 aliphatic rings. The highest BCUT2D eigenvalue weighted by Gasteiger charge is 2.24. The van der Waals surface area contributed by atoms with E-state index in [9.17, 15) is 5.11 Å². The van der Waals surface area contributed by atoms with Crippen LogP contribution in [-0.2, 0) is 6.54 Å². The van der Waals surface area contributed by atoms with Gasteiger partial charge in [0.1, 0.15) is 0 Å². The molecule has 1 fully saturated rings. The highest BCUT2D eigenvalue weighted by atomic mass is 16.5. The van der Waals surface area contributed by atoms with Crippen LogP contribution < -0.4 is 10.1 Å². The molecule has 0 unspecified atom stereocenters. The molecule has 0 saturated heterocycles. The topological polar surface area (TPSA) is 41.5 Å². The van der Waals surface area contributed by atoms with Crippen LogP contribution in [0.2, 0.25) is 0 Å². The molecule has 88 valence electrons. The lowest BCUT2D eigenvalue weighted by atomic mass is 9.82. The summed E-state index contributed by atoms with van der Waals surface area (Å²) in [6.07, 6.45) is 2.53. The van der Waals surface area contributed by atoms with E-state index in [1.54, 1.807) is 19.2 Å². The lowest BCUT2D eigenvalue weighted by molar-refractivity contribution is 0.240. The first-order valence-corrected chi connectivity index (χ1v) is 5.78. The third-order valence-electron chi connectivity index (χ3n) is 3.21. The molecule has 0 radical (unpaired) electrons. The van der Waals surface area contributed by atoms with Crippen LogP contribution in [0.4, 0.5) is 0 Å². The van der Waals surface area contributed by atoms with Crippen LogP contribution in [0.15, 0.2) is 18.2 Å². The molecule has 0 aromatic heterocycles. The minimum atomic E-state index is 0.212. The van der Waals surface area contributed by atoms with E-state index in [-0.39, 0.29) is 5.75 Å². The lowest BCUT2D eigenvalue weighted by Crippen LogP contribution is -2.39. The summed E-state index contributed by atoms with van der Waals surface area (Å²) in [6, 6.07) is 6.19. The Bertz CT molecular complexity index is 359. The SMILES string of the molecule is COc1ccc(CNC2CC(C)C2)cc1O. The van der Waals surface area contributed by atoms with Gasteiger partial charge in [0.25, 0.3) is 0 Å². The van der Waals surface area contributed by atoms with Crippen molar-refractivity contribution >= 4 is 0 Å². The highest BCUT2D eigenvalue weighted by molar-refractivity contribution is 5.41. The number of benzene rings is 1. The Balaban J connectivity index is 1.87. The summed E-state index contributed by atoms with van der Waals surface area (Å²) in [5.41, 5.74) is 1.10. The number of rotatable bonds is 4. The number of hydrogen-bond acceptors (Lipinski definition) is 3. The lowest BCUT2D eigenvalue weighted by Gasteiger charge is -2.33. The number of nitrogens with one attached hydrogen (secondary N) is 1. The average Bonchev–Trinajstić information content (AvgIpc) is 2.23. The van der Waals surface area contributed by atoms with Crippen molar-refractivity contribution < 1.29 is 9.84 Å². The smallest absolute Gasteiger partial charge is 0.160 e. The van der Waals surface area contributed by atoms with Crippen molar-refractivity contribution in [3.63, 3.8) is 0 Å². The molecular formula is C13H19NO2. The van der Waals surface area contributed by atoms with E-state index in [0.29, 0.717) is 11.8 Å². The van der Waals surface area contributed by atoms with Gasteiger partial charge in [0.15, 0.2) is 11.5 Å². The fraction of sp³-hybridized carbons (Fsp3) is 0.538. The molecule has 1 aromatic rings. The molecule has 0 spiro atoms. The molecule has 0 amide bonds. The molecule has 1 aromatic carbocycles. The Kier molecular flexibility index (Phi) is 3.34. The van der Waals surface area contributed by atoms with Crippen molar-refractivity contribution in [2.24, 2.45) is 5.92 Å². The van der Waals surface area contributed by atoms with Gasteiger partial charge >= 0.3 is 0 Å². The molecule has 16 heavy (non-hydrogen) atoms. The Hall–Kier alpha value is -1.22. The Morgan fingerprint density at radius 2 is 2.19 bits per heavy atom. The van der Waals surface area contributed by atoms with Crippen molar-refractivity contribution in [3.05, 3.63) is 23.8 Å². The Morgan fingerprint density at radius 3 is 2.75 bits per heavy atom. The molecule has 0 aliphatic heterocycles. The zero-order valence-corrected chi connectivity index (χ0v) is 9.86. The van der Waals surface area contributed by atoms with E-state index < -0.39 is 0 Å². The number of methoxy groups -OCH3 is 1. The van der Waals surface area contributed by atoms with Crippen molar-refractivity contribution in [2.45, 2.75) is 32.4 Å². The van der Waals surface area contributed by atoms with Gasteiger partial charge in [0.2, 0.25) is 0 Å². The van der Waals surface area contributed by atoms with Gasteiger partial charge in [-0.1, -0.05) is 13.0 Å². The standard InChI is InChI=1S/C13H19NO2/c1-9-5-11(6-9)14-8-10-3-4-13(16-2)12(15)7-10/h3-4,7,9,11,14-15H,5-6,8H2,1-2H3. The second-order valence-corrected chi connectivity index (χ2v) is 4.66. The van der Waals surface area contributed by atoms with Crippen LogP contribution in [0.5, 0.6) is 11.5 Å². The van der Waals surface area contributed by atoms with Crippen molar-refractivity contribution in [3.8, 4) is 11.5 Å². The molecule has 0 heterocycles. The summed E-state index contributed by atoms with van der Waals surface area (Å²) < 4.78 is 5.00. The van der Waals surface area contributed by atoms with Crippen molar-refractivity contribution in [1.29, 1.82) is 0 Å². The summed E-state index contributed by atoms with van der Waals surface area (Å²) in [7, 11) is 1.56. The summed E-state index contributed by atoms with van der Waals surface area (Å²) in [4.78, 5) is 0. The molecule has 3 nitrogen and oxygen atoms in total. The average molecular weight is 221 g/mol. The van der Waals surface area contributed by atoms with E-state index in [1.807, 2.05) is 6.07 Å². The predicted molar refractivity (Wildman–Crippen MR) is 63.7 cm³/mol. The van der Waals surface area contributed by atoms with Crippen molar-refractivity contribution in [1.82, 2.24) is 5.32 Å². The molecule has 2 rings (SSSR count). The number of aromatic hydroxyl groups is 1. The first kappa shape index (κ1) is 11.3.